The third-order valence-electron chi connectivity index (χ3n) is 2.89. The fourth-order valence-electron chi connectivity index (χ4n) is 1.89. The van der Waals surface area contributed by atoms with Crippen LogP contribution >= 0.6 is 27.7 Å². The Kier molecular flexibility index (Phi) is 4.26. The maximum atomic E-state index is 12.0. The van der Waals surface area contributed by atoms with Gasteiger partial charge < -0.3 is 10.3 Å². The number of thioether (sulfide) groups is 1. The molecule has 4 nitrogen and oxygen atoms in total. The van der Waals surface area contributed by atoms with E-state index in [9.17, 15) is 4.79 Å². The third kappa shape index (κ3) is 3.65. The van der Waals surface area contributed by atoms with Gasteiger partial charge in [-0.15, -0.1) is 11.8 Å². The van der Waals surface area contributed by atoms with Crippen LogP contribution in [0.3, 0.4) is 0 Å². The average molecular weight is 362 g/mol. The van der Waals surface area contributed by atoms with Crippen molar-refractivity contribution >= 4 is 50.3 Å². The zero-order chi connectivity index (χ0) is 14.7. The molecule has 0 bridgehead atoms. The Morgan fingerprint density at radius 3 is 2.86 bits per heavy atom. The number of carbonyl (C=O) groups excluding carboxylic acids is 1. The standard InChI is InChI=1S/C15H12BrN3OS/c16-10-1-4-12(5-2-10)21-8-15(20)19-11-3-6-13-14(7-11)18-9-17-13/h1-7,9H,8H2,(H,17,18)(H,19,20). The molecule has 1 heterocycles. The number of nitrogens with zero attached hydrogens (tertiary/aromatic N) is 1. The molecule has 0 aliphatic heterocycles. The Balaban J connectivity index is 1.59. The Labute approximate surface area is 134 Å². The van der Waals surface area contributed by atoms with Gasteiger partial charge in [0.1, 0.15) is 0 Å². The second-order valence-corrected chi connectivity index (χ2v) is 6.39. The molecule has 21 heavy (non-hydrogen) atoms. The van der Waals surface area contributed by atoms with Gasteiger partial charge in [-0.2, -0.15) is 0 Å². The number of rotatable bonds is 4. The number of hydrogen-bond donors (Lipinski definition) is 2. The van der Waals surface area contributed by atoms with Crippen molar-refractivity contribution < 1.29 is 4.79 Å². The fourth-order valence-corrected chi connectivity index (χ4v) is 2.85. The number of carbonyl (C=O) groups is 1. The Morgan fingerprint density at radius 2 is 2.05 bits per heavy atom. The average Bonchev–Trinajstić information content (AvgIpc) is 2.94. The molecule has 1 aromatic heterocycles. The van der Waals surface area contributed by atoms with E-state index in [1.807, 2.05) is 42.5 Å². The molecule has 0 spiro atoms. The van der Waals surface area contributed by atoms with Crippen molar-refractivity contribution in [2.45, 2.75) is 4.90 Å². The zero-order valence-electron chi connectivity index (χ0n) is 11.0. The quantitative estimate of drug-likeness (QED) is 0.689. The van der Waals surface area contributed by atoms with Crippen molar-refractivity contribution in [1.29, 1.82) is 0 Å². The van der Waals surface area contributed by atoms with Gasteiger partial charge in [0.05, 0.1) is 23.1 Å². The van der Waals surface area contributed by atoms with Crippen molar-refractivity contribution in [2.24, 2.45) is 0 Å². The third-order valence-corrected chi connectivity index (χ3v) is 4.43. The molecule has 1 amide bonds. The Bertz CT molecular complexity index is 770. The lowest BCUT2D eigenvalue weighted by atomic mass is 10.3. The van der Waals surface area contributed by atoms with E-state index in [4.69, 9.17) is 0 Å². The molecule has 2 aromatic carbocycles. The van der Waals surface area contributed by atoms with E-state index in [-0.39, 0.29) is 5.91 Å². The first-order valence-electron chi connectivity index (χ1n) is 6.32. The summed E-state index contributed by atoms with van der Waals surface area (Å²) in [5.41, 5.74) is 2.57. The molecular weight excluding hydrogens is 350 g/mol. The highest BCUT2D eigenvalue weighted by Gasteiger charge is 2.05. The summed E-state index contributed by atoms with van der Waals surface area (Å²) < 4.78 is 1.03. The number of nitrogens with one attached hydrogen (secondary N) is 2. The number of anilines is 1. The lowest BCUT2D eigenvalue weighted by Gasteiger charge is -2.05. The SMILES string of the molecule is O=C(CSc1ccc(Br)cc1)Nc1ccc2nc[nH]c2c1. The van der Waals surface area contributed by atoms with Crippen molar-refractivity contribution in [3.05, 3.63) is 53.3 Å². The number of H-pyrrole nitrogens is 1. The maximum Gasteiger partial charge on any atom is 0.234 e. The fraction of sp³-hybridized carbons (Fsp3) is 0.0667. The number of imidazole rings is 1. The van der Waals surface area contributed by atoms with E-state index in [2.05, 4.69) is 31.2 Å². The molecule has 3 rings (SSSR count). The minimum absolute atomic E-state index is 0.0261. The Morgan fingerprint density at radius 1 is 1.24 bits per heavy atom. The van der Waals surface area contributed by atoms with Crippen LogP contribution in [0.15, 0.2) is 58.2 Å². The summed E-state index contributed by atoms with van der Waals surface area (Å²) in [6.07, 6.45) is 1.64. The summed E-state index contributed by atoms with van der Waals surface area (Å²) in [5.74, 6) is 0.351. The largest absolute Gasteiger partial charge is 0.345 e. The number of hydrogen-bond acceptors (Lipinski definition) is 3. The van der Waals surface area contributed by atoms with Crippen LogP contribution in [0.1, 0.15) is 0 Å². The monoisotopic (exact) mass is 361 g/mol. The molecule has 106 valence electrons. The van der Waals surface area contributed by atoms with Crippen LogP contribution in [0.2, 0.25) is 0 Å². The van der Waals surface area contributed by atoms with Crippen LogP contribution < -0.4 is 5.32 Å². The summed E-state index contributed by atoms with van der Waals surface area (Å²) in [6, 6.07) is 13.5. The van der Waals surface area contributed by atoms with E-state index >= 15 is 0 Å². The van der Waals surface area contributed by atoms with Crippen LogP contribution in [0.4, 0.5) is 5.69 Å². The van der Waals surface area contributed by atoms with Crippen LogP contribution in [-0.4, -0.2) is 21.6 Å². The Hall–Kier alpha value is -1.79. The van der Waals surface area contributed by atoms with Gasteiger partial charge in [-0.1, -0.05) is 15.9 Å². The first-order chi connectivity index (χ1) is 10.2. The minimum Gasteiger partial charge on any atom is -0.345 e. The number of halogens is 1. The minimum atomic E-state index is -0.0261. The molecule has 2 N–H and O–H groups in total. The molecule has 0 aliphatic carbocycles. The first-order valence-corrected chi connectivity index (χ1v) is 8.10. The second kappa shape index (κ2) is 6.32. The normalized spacial score (nSPS) is 10.7. The molecule has 0 saturated heterocycles. The molecule has 0 aliphatic rings. The van der Waals surface area contributed by atoms with E-state index in [1.165, 1.54) is 11.8 Å². The van der Waals surface area contributed by atoms with Crippen molar-refractivity contribution in [3.8, 4) is 0 Å². The van der Waals surface area contributed by atoms with Gasteiger partial charge >= 0.3 is 0 Å². The smallest absolute Gasteiger partial charge is 0.234 e. The van der Waals surface area contributed by atoms with E-state index in [0.29, 0.717) is 5.75 Å². The number of aromatic amines is 1. The first kappa shape index (κ1) is 14.2. The molecule has 6 heteroatoms. The molecule has 3 aromatic rings. The second-order valence-electron chi connectivity index (χ2n) is 4.43. The molecule has 0 saturated carbocycles. The summed E-state index contributed by atoms with van der Waals surface area (Å²) in [5, 5.41) is 2.89. The number of benzene rings is 2. The van der Waals surface area contributed by atoms with Crippen molar-refractivity contribution in [1.82, 2.24) is 9.97 Å². The predicted molar refractivity (Wildman–Crippen MR) is 89.6 cm³/mol. The summed E-state index contributed by atoms with van der Waals surface area (Å²) in [6.45, 7) is 0. The summed E-state index contributed by atoms with van der Waals surface area (Å²) in [7, 11) is 0. The summed E-state index contributed by atoms with van der Waals surface area (Å²) >= 11 is 4.90. The zero-order valence-corrected chi connectivity index (χ0v) is 13.4. The number of aromatic nitrogens is 2. The van der Waals surface area contributed by atoms with Gasteiger partial charge in [-0.05, 0) is 42.5 Å². The van der Waals surface area contributed by atoms with Gasteiger partial charge in [0.25, 0.3) is 0 Å². The molecule has 0 unspecified atom stereocenters. The van der Waals surface area contributed by atoms with Gasteiger partial charge in [-0.25, -0.2) is 4.98 Å². The highest BCUT2D eigenvalue weighted by atomic mass is 79.9. The molecular formula is C15H12BrN3OS. The maximum absolute atomic E-state index is 12.0. The van der Waals surface area contributed by atoms with Gasteiger partial charge in [0.15, 0.2) is 0 Å². The van der Waals surface area contributed by atoms with E-state index < -0.39 is 0 Å². The van der Waals surface area contributed by atoms with Crippen LogP contribution in [0, 0.1) is 0 Å². The van der Waals surface area contributed by atoms with Gasteiger partial charge in [-0.3, -0.25) is 4.79 Å². The van der Waals surface area contributed by atoms with Gasteiger partial charge in [0, 0.05) is 15.1 Å². The molecule has 0 fully saturated rings. The van der Waals surface area contributed by atoms with Gasteiger partial charge in [0.2, 0.25) is 5.91 Å². The van der Waals surface area contributed by atoms with E-state index in [1.54, 1.807) is 6.33 Å². The van der Waals surface area contributed by atoms with Crippen molar-refractivity contribution in [3.63, 3.8) is 0 Å². The topological polar surface area (TPSA) is 57.8 Å². The number of fused-ring (bicyclic) bond motifs is 1. The van der Waals surface area contributed by atoms with E-state index in [0.717, 1.165) is 26.1 Å². The number of amides is 1. The predicted octanol–water partition coefficient (Wildman–Crippen LogP) is 4.06. The highest BCUT2D eigenvalue weighted by Crippen LogP contribution is 2.21. The molecule has 0 atom stereocenters. The van der Waals surface area contributed by atoms with Crippen LogP contribution in [-0.2, 0) is 4.79 Å². The lowest BCUT2D eigenvalue weighted by Crippen LogP contribution is -2.13. The lowest BCUT2D eigenvalue weighted by molar-refractivity contribution is -0.113. The summed E-state index contributed by atoms with van der Waals surface area (Å²) in [4.78, 5) is 20.2. The van der Waals surface area contributed by atoms with Crippen LogP contribution in [0.25, 0.3) is 11.0 Å². The molecule has 0 radical (unpaired) electrons. The van der Waals surface area contributed by atoms with Crippen molar-refractivity contribution in [2.75, 3.05) is 11.1 Å². The van der Waals surface area contributed by atoms with Crippen LogP contribution in [0.5, 0.6) is 0 Å². The highest BCUT2D eigenvalue weighted by molar-refractivity contribution is 9.10.